The van der Waals surface area contributed by atoms with Crippen LogP contribution >= 0.6 is 11.8 Å². The first-order chi connectivity index (χ1) is 13.8. The average Bonchev–Trinajstić information content (AvgIpc) is 3.19. The molecule has 0 unspecified atom stereocenters. The lowest BCUT2D eigenvalue weighted by molar-refractivity contribution is -0.113. The van der Waals surface area contributed by atoms with Crippen molar-refractivity contribution in [3.63, 3.8) is 0 Å². The number of aryl methyl sites for hydroxylation is 1. The van der Waals surface area contributed by atoms with Gasteiger partial charge in [0, 0.05) is 27.7 Å². The maximum absolute atomic E-state index is 12.6. The van der Waals surface area contributed by atoms with Crippen LogP contribution in [0.25, 0.3) is 10.9 Å². The summed E-state index contributed by atoms with van der Waals surface area (Å²) in [7, 11) is 0. The predicted octanol–water partition coefficient (Wildman–Crippen LogP) is 4.23. The first-order valence-corrected chi connectivity index (χ1v) is 10.5. The van der Waals surface area contributed by atoms with E-state index >= 15 is 0 Å². The number of carbonyl (C=O) groups is 1. The second kappa shape index (κ2) is 7.36. The predicted molar refractivity (Wildman–Crippen MR) is 111 cm³/mol. The van der Waals surface area contributed by atoms with Crippen LogP contribution in [0.4, 0.5) is 5.69 Å². The number of carbonyl (C=O) groups excluding carboxylic acids is 1. The number of hydrogen-bond acceptors (Lipinski definition) is 5. The lowest BCUT2D eigenvalue weighted by atomic mass is 10.1. The smallest absolute Gasteiger partial charge is 0.234 e. The molecule has 0 atom stereocenters. The molecule has 1 N–H and O–H groups in total. The van der Waals surface area contributed by atoms with Gasteiger partial charge in [-0.2, -0.15) is 0 Å². The molecule has 28 heavy (non-hydrogen) atoms. The van der Waals surface area contributed by atoms with Crippen LogP contribution < -0.4 is 14.8 Å². The van der Waals surface area contributed by atoms with Crippen LogP contribution in [0.15, 0.2) is 47.4 Å². The first-order valence-electron chi connectivity index (χ1n) is 9.51. The van der Waals surface area contributed by atoms with Crippen molar-refractivity contribution in [3.05, 3.63) is 53.7 Å². The molecule has 2 heterocycles. The number of fused-ring (bicyclic) bond motifs is 3. The SMILES string of the molecule is O=C(CSc1c2c(nc3ccccc13)CCC2)Nc1ccc2c(c1)OCCO2. The molecule has 0 saturated heterocycles. The number of ether oxygens (including phenoxy) is 2. The highest BCUT2D eigenvalue weighted by atomic mass is 32.2. The highest BCUT2D eigenvalue weighted by Crippen LogP contribution is 2.37. The fourth-order valence-corrected chi connectivity index (χ4v) is 4.86. The number of benzene rings is 2. The minimum Gasteiger partial charge on any atom is -0.486 e. The van der Waals surface area contributed by atoms with Crippen molar-refractivity contribution in [1.29, 1.82) is 0 Å². The molecule has 6 heteroatoms. The number of nitrogens with one attached hydrogen (secondary N) is 1. The summed E-state index contributed by atoms with van der Waals surface area (Å²) >= 11 is 1.60. The van der Waals surface area contributed by atoms with Crippen LogP contribution in [0, 0.1) is 0 Å². The largest absolute Gasteiger partial charge is 0.486 e. The van der Waals surface area contributed by atoms with Gasteiger partial charge in [-0.05, 0) is 43.0 Å². The van der Waals surface area contributed by atoms with Gasteiger partial charge in [-0.3, -0.25) is 9.78 Å². The minimum absolute atomic E-state index is 0.0330. The quantitative estimate of drug-likeness (QED) is 0.674. The van der Waals surface area contributed by atoms with Gasteiger partial charge >= 0.3 is 0 Å². The van der Waals surface area contributed by atoms with E-state index in [9.17, 15) is 4.79 Å². The van der Waals surface area contributed by atoms with Crippen molar-refractivity contribution < 1.29 is 14.3 Å². The van der Waals surface area contributed by atoms with Gasteiger partial charge in [0.25, 0.3) is 0 Å². The molecule has 0 spiro atoms. The molecule has 0 saturated carbocycles. The van der Waals surface area contributed by atoms with Crippen LogP contribution in [-0.4, -0.2) is 29.9 Å². The van der Waals surface area contributed by atoms with Gasteiger partial charge in [0.15, 0.2) is 11.5 Å². The van der Waals surface area contributed by atoms with Gasteiger partial charge in [0.2, 0.25) is 5.91 Å². The third-order valence-electron chi connectivity index (χ3n) is 5.04. The van der Waals surface area contributed by atoms with Gasteiger partial charge in [-0.1, -0.05) is 18.2 Å². The summed E-state index contributed by atoms with van der Waals surface area (Å²) in [6.07, 6.45) is 3.20. The molecule has 1 amide bonds. The fraction of sp³-hybridized carbons (Fsp3) is 0.273. The van der Waals surface area contributed by atoms with Crippen molar-refractivity contribution in [1.82, 2.24) is 4.98 Å². The number of anilines is 1. The van der Waals surface area contributed by atoms with Gasteiger partial charge in [-0.15, -0.1) is 11.8 Å². The van der Waals surface area contributed by atoms with E-state index in [4.69, 9.17) is 14.5 Å². The van der Waals surface area contributed by atoms with Crippen LogP contribution in [0.2, 0.25) is 0 Å². The van der Waals surface area contributed by atoms with Crippen LogP contribution in [-0.2, 0) is 17.6 Å². The third-order valence-corrected chi connectivity index (χ3v) is 6.20. The molecule has 0 bridgehead atoms. The number of thioether (sulfide) groups is 1. The Labute approximate surface area is 167 Å². The zero-order chi connectivity index (χ0) is 18.9. The molecule has 0 fully saturated rings. The zero-order valence-electron chi connectivity index (χ0n) is 15.4. The molecular weight excluding hydrogens is 372 g/mol. The molecule has 142 valence electrons. The zero-order valence-corrected chi connectivity index (χ0v) is 16.2. The normalized spacial score (nSPS) is 14.7. The molecule has 2 aliphatic rings. The van der Waals surface area contributed by atoms with Crippen LogP contribution in [0.1, 0.15) is 17.7 Å². The second-order valence-corrected chi connectivity index (χ2v) is 7.92. The Morgan fingerprint density at radius 2 is 1.93 bits per heavy atom. The van der Waals surface area contributed by atoms with E-state index in [0.29, 0.717) is 24.7 Å². The number of rotatable bonds is 4. The average molecular weight is 392 g/mol. The second-order valence-electron chi connectivity index (χ2n) is 6.93. The molecule has 2 aromatic carbocycles. The summed E-state index contributed by atoms with van der Waals surface area (Å²) in [5.74, 6) is 1.72. The maximum atomic E-state index is 12.6. The Morgan fingerprint density at radius 1 is 1.07 bits per heavy atom. The Balaban J connectivity index is 1.33. The Morgan fingerprint density at radius 3 is 2.86 bits per heavy atom. The van der Waals surface area contributed by atoms with Gasteiger partial charge < -0.3 is 14.8 Å². The van der Waals surface area contributed by atoms with E-state index in [0.717, 1.165) is 41.6 Å². The molecular formula is C22H20N2O3S. The van der Waals surface area contributed by atoms with E-state index in [1.165, 1.54) is 16.2 Å². The lowest BCUT2D eigenvalue weighted by Crippen LogP contribution is -2.17. The summed E-state index contributed by atoms with van der Waals surface area (Å²) < 4.78 is 11.1. The summed E-state index contributed by atoms with van der Waals surface area (Å²) in [6, 6.07) is 13.7. The van der Waals surface area contributed by atoms with Gasteiger partial charge in [0.1, 0.15) is 13.2 Å². The topological polar surface area (TPSA) is 60.5 Å². The summed E-state index contributed by atoms with van der Waals surface area (Å²) in [4.78, 5) is 18.6. The van der Waals surface area contributed by atoms with Crippen molar-refractivity contribution >= 4 is 34.3 Å². The van der Waals surface area contributed by atoms with Crippen molar-refractivity contribution in [2.45, 2.75) is 24.2 Å². The van der Waals surface area contributed by atoms with E-state index in [1.807, 2.05) is 36.4 Å². The number of para-hydroxylation sites is 1. The molecule has 5 rings (SSSR count). The molecule has 3 aromatic rings. The molecule has 5 nitrogen and oxygen atoms in total. The van der Waals surface area contributed by atoms with E-state index < -0.39 is 0 Å². The number of amides is 1. The Hall–Kier alpha value is -2.73. The third kappa shape index (κ3) is 3.29. The number of aromatic nitrogens is 1. The fourth-order valence-electron chi connectivity index (χ4n) is 3.79. The highest BCUT2D eigenvalue weighted by molar-refractivity contribution is 8.00. The van der Waals surface area contributed by atoms with Gasteiger partial charge in [-0.25, -0.2) is 0 Å². The van der Waals surface area contributed by atoms with Crippen molar-refractivity contribution in [3.8, 4) is 11.5 Å². The van der Waals surface area contributed by atoms with Crippen molar-refractivity contribution in [2.24, 2.45) is 0 Å². The molecule has 1 aromatic heterocycles. The Kier molecular flexibility index (Phi) is 4.56. The monoisotopic (exact) mass is 392 g/mol. The molecule has 1 aliphatic heterocycles. The molecule has 1 aliphatic carbocycles. The standard InChI is InChI=1S/C22H20N2O3S/c25-21(23-14-8-9-19-20(12-14)27-11-10-26-19)13-28-22-15-4-1-2-6-17(15)24-18-7-3-5-16(18)22/h1-2,4,6,8-9,12H,3,5,7,10-11,13H2,(H,23,25). The highest BCUT2D eigenvalue weighted by Gasteiger charge is 2.20. The lowest BCUT2D eigenvalue weighted by Gasteiger charge is -2.19. The summed E-state index contributed by atoms with van der Waals surface area (Å²) in [6.45, 7) is 1.08. The van der Waals surface area contributed by atoms with Gasteiger partial charge in [0.05, 0.1) is 11.3 Å². The minimum atomic E-state index is -0.0330. The first kappa shape index (κ1) is 17.4. The van der Waals surface area contributed by atoms with E-state index in [2.05, 4.69) is 11.4 Å². The number of pyridine rings is 1. The van der Waals surface area contributed by atoms with Crippen molar-refractivity contribution in [2.75, 3.05) is 24.3 Å². The van der Waals surface area contributed by atoms with E-state index in [-0.39, 0.29) is 5.91 Å². The number of hydrogen-bond donors (Lipinski definition) is 1. The summed E-state index contributed by atoms with van der Waals surface area (Å²) in [5, 5.41) is 4.11. The molecule has 0 radical (unpaired) electrons. The van der Waals surface area contributed by atoms with Crippen LogP contribution in [0.5, 0.6) is 11.5 Å². The summed E-state index contributed by atoms with van der Waals surface area (Å²) in [5.41, 5.74) is 4.24. The Bertz CT molecular complexity index is 1070. The van der Waals surface area contributed by atoms with Crippen LogP contribution in [0.3, 0.4) is 0 Å². The van der Waals surface area contributed by atoms with E-state index in [1.54, 1.807) is 11.8 Å². The maximum Gasteiger partial charge on any atom is 0.234 e. The number of nitrogens with zero attached hydrogens (tertiary/aromatic N) is 1.